The van der Waals surface area contributed by atoms with Crippen molar-refractivity contribution >= 4 is 42.6 Å². The SMILES string of the molecule is CC1CC(c2c[nH]c3c(C(N)=O)cc(Br)cc23)CC(C)S1(=O)=O. The Labute approximate surface area is 143 Å². The molecule has 3 N–H and O–H groups in total. The van der Waals surface area contributed by atoms with Crippen LogP contribution in [0.3, 0.4) is 0 Å². The second kappa shape index (κ2) is 5.63. The lowest BCUT2D eigenvalue weighted by Crippen LogP contribution is -2.36. The van der Waals surface area contributed by atoms with Gasteiger partial charge in [-0.15, -0.1) is 0 Å². The van der Waals surface area contributed by atoms with E-state index in [1.165, 1.54) is 0 Å². The molecule has 1 aliphatic rings. The van der Waals surface area contributed by atoms with Crippen LogP contribution in [0.2, 0.25) is 0 Å². The van der Waals surface area contributed by atoms with Gasteiger partial charge in [-0.3, -0.25) is 4.79 Å². The standard InChI is InChI=1S/C16H19BrN2O3S/c1-8-3-10(4-9(2)23(8,21)22)14-7-19-15-12(14)5-11(17)6-13(15)16(18)20/h5-10,19H,3-4H2,1-2H3,(H2,18,20). The highest BCUT2D eigenvalue weighted by Gasteiger charge is 2.38. The molecule has 2 aromatic rings. The highest BCUT2D eigenvalue weighted by Crippen LogP contribution is 2.40. The number of hydrogen-bond acceptors (Lipinski definition) is 3. The number of amides is 1. The average Bonchev–Trinajstić information content (AvgIpc) is 2.87. The van der Waals surface area contributed by atoms with Crippen LogP contribution in [-0.4, -0.2) is 29.8 Å². The maximum atomic E-state index is 12.2. The normalized spacial score (nSPS) is 27.2. The van der Waals surface area contributed by atoms with Crippen LogP contribution < -0.4 is 5.73 Å². The van der Waals surface area contributed by atoms with Crippen molar-refractivity contribution in [2.24, 2.45) is 5.73 Å². The first-order valence-electron chi connectivity index (χ1n) is 7.54. The number of primary amides is 1. The summed E-state index contributed by atoms with van der Waals surface area (Å²) in [6, 6.07) is 3.65. The van der Waals surface area contributed by atoms with E-state index in [1.54, 1.807) is 19.9 Å². The van der Waals surface area contributed by atoms with Crippen molar-refractivity contribution in [3.05, 3.63) is 33.9 Å². The number of nitrogens with one attached hydrogen (secondary N) is 1. The minimum atomic E-state index is -3.04. The van der Waals surface area contributed by atoms with Gasteiger partial charge in [0.2, 0.25) is 0 Å². The molecule has 0 bridgehead atoms. The van der Waals surface area contributed by atoms with Crippen molar-refractivity contribution < 1.29 is 13.2 Å². The van der Waals surface area contributed by atoms with Gasteiger partial charge in [-0.05, 0) is 50.3 Å². The van der Waals surface area contributed by atoms with Gasteiger partial charge in [-0.1, -0.05) is 15.9 Å². The summed E-state index contributed by atoms with van der Waals surface area (Å²) >= 11 is 3.42. The molecule has 7 heteroatoms. The first-order valence-corrected chi connectivity index (χ1v) is 9.95. The maximum absolute atomic E-state index is 12.2. The van der Waals surface area contributed by atoms with E-state index in [-0.39, 0.29) is 16.4 Å². The Morgan fingerprint density at radius 2 is 1.87 bits per heavy atom. The van der Waals surface area contributed by atoms with Gasteiger partial charge in [0.1, 0.15) is 0 Å². The minimum Gasteiger partial charge on any atom is -0.366 e. The number of sulfone groups is 1. The highest BCUT2D eigenvalue weighted by atomic mass is 79.9. The van der Waals surface area contributed by atoms with Crippen LogP contribution in [0.5, 0.6) is 0 Å². The second-order valence-electron chi connectivity index (χ2n) is 6.36. The molecule has 1 aromatic heterocycles. The molecule has 0 radical (unpaired) electrons. The molecule has 1 aromatic carbocycles. The zero-order valence-corrected chi connectivity index (χ0v) is 15.4. The molecule has 2 atom stereocenters. The number of halogens is 1. The van der Waals surface area contributed by atoms with Crippen LogP contribution >= 0.6 is 15.9 Å². The van der Waals surface area contributed by atoms with Crippen LogP contribution in [-0.2, 0) is 9.84 Å². The number of carbonyl (C=O) groups excluding carboxylic acids is 1. The molecule has 1 amide bonds. The van der Waals surface area contributed by atoms with E-state index < -0.39 is 15.7 Å². The molecule has 2 unspecified atom stereocenters. The Balaban J connectivity index is 2.10. The number of H-pyrrole nitrogens is 1. The third kappa shape index (κ3) is 2.70. The van der Waals surface area contributed by atoms with Gasteiger partial charge in [-0.2, -0.15) is 0 Å². The molecule has 23 heavy (non-hydrogen) atoms. The number of aromatic nitrogens is 1. The smallest absolute Gasteiger partial charge is 0.250 e. The Morgan fingerprint density at radius 1 is 1.26 bits per heavy atom. The fourth-order valence-corrected chi connectivity index (χ4v) is 5.82. The van der Waals surface area contributed by atoms with E-state index in [1.807, 2.05) is 12.3 Å². The molecular formula is C16H19BrN2O3S. The Kier molecular flexibility index (Phi) is 4.04. The van der Waals surface area contributed by atoms with Crippen molar-refractivity contribution in [1.29, 1.82) is 0 Å². The number of rotatable bonds is 2. The number of fused-ring (bicyclic) bond motifs is 1. The van der Waals surface area contributed by atoms with Crippen LogP contribution in [0.15, 0.2) is 22.8 Å². The van der Waals surface area contributed by atoms with E-state index in [0.717, 1.165) is 15.4 Å². The summed E-state index contributed by atoms with van der Waals surface area (Å²) in [4.78, 5) is 14.8. The molecule has 1 fully saturated rings. The number of carbonyl (C=O) groups is 1. The summed E-state index contributed by atoms with van der Waals surface area (Å²) in [6.07, 6.45) is 3.07. The van der Waals surface area contributed by atoms with Gasteiger partial charge in [0.05, 0.1) is 21.6 Å². The predicted molar refractivity (Wildman–Crippen MR) is 94.3 cm³/mol. The molecule has 0 spiro atoms. The zero-order chi connectivity index (χ0) is 16.9. The highest BCUT2D eigenvalue weighted by molar-refractivity contribution is 9.10. The van der Waals surface area contributed by atoms with E-state index >= 15 is 0 Å². The fraction of sp³-hybridized carbons (Fsp3) is 0.438. The van der Waals surface area contributed by atoms with E-state index in [2.05, 4.69) is 20.9 Å². The number of aromatic amines is 1. The molecule has 2 heterocycles. The van der Waals surface area contributed by atoms with Crippen molar-refractivity contribution in [2.75, 3.05) is 0 Å². The van der Waals surface area contributed by atoms with Gasteiger partial charge in [0.25, 0.3) is 5.91 Å². The van der Waals surface area contributed by atoms with Crippen molar-refractivity contribution in [2.45, 2.75) is 43.1 Å². The summed E-state index contributed by atoms with van der Waals surface area (Å²) in [7, 11) is -3.04. The molecular weight excluding hydrogens is 380 g/mol. The molecule has 0 aliphatic carbocycles. The first-order chi connectivity index (χ1) is 10.7. The predicted octanol–water partition coefficient (Wildman–Crippen LogP) is 3.10. The average molecular weight is 399 g/mol. The Bertz CT molecular complexity index is 870. The van der Waals surface area contributed by atoms with Crippen LogP contribution in [0.25, 0.3) is 10.9 Å². The first kappa shape index (κ1) is 16.5. The lowest BCUT2D eigenvalue weighted by molar-refractivity contribution is 0.100. The van der Waals surface area contributed by atoms with Crippen molar-refractivity contribution in [3.63, 3.8) is 0 Å². The quantitative estimate of drug-likeness (QED) is 0.813. The topological polar surface area (TPSA) is 93.0 Å². The lowest BCUT2D eigenvalue weighted by atomic mass is 9.89. The summed E-state index contributed by atoms with van der Waals surface area (Å²) in [5.41, 5.74) is 7.66. The van der Waals surface area contributed by atoms with Crippen molar-refractivity contribution in [3.8, 4) is 0 Å². The van der Waals surface area contributed by atoms with Gasteiger partial charge < -0.3 is 10.7 Å². The van der Waals surface area contributed by atoms with Gasteiger partial charge in [-0.25, -0.2) is 8.42 Å². The van der Waals surface area contributed by atoms with Crippen LogP contribution in [0.4, 0.5) is 0 Å². The molecule has 124 valence electrons. The molecule has 3 rings (SSSR count). The second-order valence-corrected chi connectivity index (χ2v) is 10.1. The van der Waals surface area contributed by atoms with E-state index in [9.17, 15) is 13.2 Å². The summed E-state index contributed by atoms with van der Waals surface area (Å²) in [5, 5.41) is 0.213. The third-order valence-corrected chi connectivity index (χ3v) is 7.93. The third-order valence-electron chi connectivity index (χ3n) is 4.85. The minimum absolute atomic E-state index is 0.146. The lowest BCUT2D eigenvalue weighted by Gasteiger charge is -2.31. The number of nitrogens with two attached hydrogens (primary N) is 1. The van der Waals surface area contributed by atoms with Gasteiger partial charge in [0, 0.05) is 16.1 Å². The van der Waals surface area contributed by atoms with Gasteiger partial charge >= 0.3 is 0 Å². The van der Waals surface area contributed by atoms with Gasteiger partial charge in [0.15, 0.2) is 9.84 Å². The van der Waals surface area contributed by atoms with Crippen LogP contribution in [0, 0.1) is 0 Å². The monoisotopic (exact) mass is 398 g/mol. The molecule has 0 saturated carbocycles. The number of benzene rings is 1. The van der Waals surface area contributed by atoms with Crippen molar-refractivity contribution in [1.82, 2.24) is 4.98 Å². The molecule has 1 saturated heterocycles. The molecule has 5 nitrogen and oxygen atoms in total. The van der Waals surface area contributed by atoms with E-state index in [4.69, 9.17) is 5.73 Å². The number of hydrogen-bond donors (Lipinski definition) is 2. The largest absolute Gasteiger partial charge is 0.366 e. The van der Waals surface area contributed by atoms with E-state index in [0.29, 0.717) is 23.9 Å². The maximum Gasteiger partial charge on any atom is 0.250 e. The summed E-state index contributed by atoms with van der Waals surface area (Å²) < 4.78 is 25.2. The Hall–Kier alpha value is -1.34. The van der Waals surface area contributed by atoms with Crippen LogP contribution in [0.1, 0.15) is 48.5 Å². The Morgan fingerprint density at radius 3 is 2.43 bits per heavy atom. The fourth-order valence-electron chi connectivity index (χ4n) is 3.57. The summed E-state index contributed by atoms with van der Waals surface area (Å²) in [5.74, 6) is -0.343. The zero-order valence-electron chi connectivity index (χ0n) is 13.0. The molecule has 1 aliphatic heterocycles. The summed E-state index contributed by atoms with van der Waals surface area (Å²) in [6.45, 7) is 3.55.